The van der Waals surface area contributed by atoms with Crippen molar-refractivity contribution in [3.05, 3.63) is 30.6 Å². The van der Waals surface area contributed by atoms with Crippen LogP contribution in [-0.4, -0.2) is 15.0 Å². The maximum atomic E-state index is 11.7. The molecule has 0 saturated heterocycles. The van der Waals surface area contributed by atoms with E-state index < -0.39 is 10.3 Å². The van der Waals surface area contributed by atoms with E-state index in [-0.39, 0.29) is 6.61 Å². The van der Waals surface area contributed by atoms with Gasteiger partial charge in [-0.1, -0.05) is 55.5 Å². The number of unbranched alkanes of at least 4 members (excludes halogenated alkanes) is 6. The normalized spacial score (nSPS) is 11.6. The first-order chi connectivity index (χ1) is 9.17. The van der Waals surface area contributed by atoms with Crippen LogP contribution < -0.4 is 3.97 Å². The zero-order chi connectivity index (χ0) is 14.0. The molecule has 4 nitrogen and oxygen atoms in total. The minimum absolute atomic E-state index is 0.262. The zero-order valence-corrected chi connectivity index (χ0v) is 12.4. The Bertz CT molecular complexity index is 431. The number of aromatic nitrogens is 1. The van der Waals surface area contributed by atoms with Crippen LogP contribution in [-0.2, 0) is 14.5 Å². The highest BCUT2D eigenvalue weighted by Gasteiger charge is 2.21. The lowest BCUT2D eigenvalue weighted by atomic mass is 10.1. The van der Waals surface area contributed by atoms with Crippen LogP contribution in [0.3, 0.4) is 0 Å². The predicted molar refractivity (Wildman–Crippen MR) is 74.9 cm³/mol. The first-order valence-electron chi connectivity index (χ1n) is 7.03. The van der Waals surface area contributed by atoms with Gasteiger partial charge in [-0.2, -0.15) is 0 Å². The summed E-state index contributed by atoms with van der Waals surface area (Å²) in [5.41, 5.74) is 0. The smallest absolute Gasteiger partial charge is 0.218 e. The molecule has 0 fully saturated rings. The molecule has 0 aliphatic carbocycles. The summed E-state index contributed by atoms with van der Waals surface area (Å²) in [6, 6.07) is 5.09. The fourth-order valence-corrected chi connectivity index (χ4v) is 2.71. The molecule has 0 unspecified atom stereocenters. The van der Waals surface area contributed by atoms with Crippen molar-refractivity contribution >= 4 is 10.3 Å². The lowest BCUT2D eigenvalue weighted by molar-refractivity contribution is -0.520. The van der Waals surface area contributed by atoms with Crippen LogP contribution in [0.5, 0.6) is 0 Å². The Balaban J connectivity index is 2.15. The van der Waals surface area contributed by atoms with Gasteiger partial charge in [-0.05, 0) is 6.42 Å². The molecule has 1 heterocycles. The van der Waals surface area contributed by atoms with Crippen molar-refractivity contribution in [3.63, 3.8) is 0 Å². The van der Waals surface area contributed by atoms with Crippen molar-refractivity contribution in [2.75, 3.05) is 6.61 Å². The third-order valence-corrected chi connectivity index (χ3v) is 4.15. The topological polar surface area (TPSA) is 47.3 Å². The zero-order valence-electron chi connectivity index (χ0n) is 11.6. The van der Waals surface area contributed by atoms with Gasteiger partial charge >= 0.3 is 10.3 Å². The molecule has 0 amide bonds. The Kier molecular flexibility index (Phi) is 7.67. The van der Waals surface area contributed by atoms with Crippen LogP contribution in [0.15, 0.2) is 30.6 Å². The molecule has 1 rings (SSSR count). The summed E-state index contributed by atoms with van der Waals surface area (Å²) >= 11 is 0. The summed E-state index contributed by atoms with van der Waals surface area (Å²) in [5.74, 6) is 0. The van der Waals surface area contributed by atoms with E-state index in [1.165, 1.54) is 38.1 Å². The van der Waals surface area contributed by atoms with Crippen molar-refractivity contribution in [2.45, 2.75) is 51.9 Å². The third kappa shape index (κ3) is 6.68. The SMILES string of the molecule is CCCCCCCCCOS(=O)(=O)[n+]1ccccc1. The van der Waals surface area contributed by atoms with Crippen molar-refractivity contribution < 1.29 is 16.6 Å². The third-order valence-electron chi connectivity index (χ3n) is 2.93. The summed E-state index contributed by atoms with van der Waals surface area (Å²) in [4.78, 5) is 0. The van der Waals surface area contributed by atoms with E-state index in [0.29, 0.717) is 0 Å². The highest BCUT2D eigenvalue weighted by molar-refractivity contribution is 7.80. The largest absolute Gasteiger partial charge is 0.513 e. The molecule has 19 heavy (non-hydrogen) atoms. The predicted octanol–water partition coefficient (Wildman–Crippen LogP) is 2.83. The van der Waals surface area contributed by atoms with Gasteiger partial charge in [0.15, 0.2) is 12.4 Å². The van der Waals surface area contributed by atoms with E-state index >= 15 is 0 Å². The van der Waals surface area contributed by atoms with E-state index in [1.807, 2.05) is 0 Å². The van der Waals surface area contributed by atoms with Crippen LogP contribution in [0.2, 0.25) is 0 Å². The van der Waals surface area contributed by atoms with Crippen molar-refractivity contribution in [2.24, 2.45) is 0 Å². The second-order valence-corrected chi connectivity index (χ2v) is 6.12. The van der Waals surface area contributed by atoms with Gasteiger partial charge in [0.25, 0.3) is 0 Å². The number of nitrogens with zero attached hydrogens (tertiary/aromatic N) is 1. The average molecular weight is 286 g/mol. The lowest BCUT2D eigenvalue weighted by Gasteiger charge is -2.01. The number of hydrogen-bond donors (Lipinski definition) is 0. The monoisotopic (exact) mass is 286 g/mol. The molecular weight excluding hydrogens is 262 g/mol. The molecule has 0 bridgehead atoms. The molecule has 108 valence electrons. The van der Waals surface area contributed by atoms with E-state index in [2.05, 4.69) is 6.92 Å². The summed E-state index contributed by atoms with van der Waals surface area (Å²) in [6.45, 7) is 2.46. The Hall–Kier alpha value is -0.940. The summed E-state index contributed by atoms with van der Waals surface area (Å²) < 4.78 is 29.6. The maximum Gasteiger partial charge on any atom is 0.513 e. The van der Waals surface area contributed by atoms with Crippen LogP contribution >= 0.6 is 0 Å². The molecule has 0 aromatic carbocycles. The van der Waals surface area contributed by atoms with Crippen LogP contribution in [0.1, 0.15) is 51.9 Å². The fourth-order valence-electron chi connectivity index (χ4n) is 1.82. The van der Waals surface area contributed by atoms with Crippen LogP contribution in [0.4, 0.5) is 0 Å². The van der Waals surface area contributed by atoms with Gasteiger partial charge in [0, 0.05) is 12.1 Å². The molecule has 0 aliphatic heterocycles. The highest BCUT2D eigenvalue weighted by Crippen LogP contribution is 2.07. The van der Waals surface area contributed by atoms with E-state index in [9.17, 15) is 8.42 Å². The maximum absolute atomic E-state index is 11.7. The summed E-state index contributed by atoms with van der Waals surface area (Å²) in [6.07, 6.45) is 11.0. The van der Waals surface area contributed by atoms with Gasteiger partial charge in [-0.3, -0.25) is 0 Å². The second kappa shape index (κ2) is 9.04. The molecule has 0 N–H and O–H groups in total. The van der Waals surface area contributed by atoms with Gasteiger partial charge in [0.05, 0.1) is 6.61 Å². The lowest BCUT2D eigenvalue weighted by Crippen LogP contribution is -2.43. The van der Waals surface area contributed by atoms with Crippen LogP contribution in [0.25, 0.3) is 0 Å². The Morgan fingerprint density at radius 3 is 2.11 bits per heavy atom. The first-order valence-corrected chi connectivity index (χ1v) is 8.39. The fraction of sp³-hybridized carbons (Fsp3) is 0.643. The van der Waals surface area contributed by atoms with Gasteiger partial charge < -0.3 is 0 Å². The Morgan fingerprint density at radius 1 is 0.895 bits per heavy atom. The molecule has 0 atom stereocenters. The minimum Gasteiger partial charge on any atom is -0.218 e. The Labute approximate surface area is 116 Å². The van der Waals surface area contributed by atoms with E-state index in [1.54, 1.807) is 18.2 Å². The number of pyridine rings is 1. The van der Waals surface area contributed by atoms with Gasteiger partial charge in [-0.15, -0.1) is 8.42 Å². The molecule has 1 aromatic heterocycles. The van der Waals surface area contributed by atoms with E-state index in [4.69, 9.17) is 4.18 Å². The minimum atomic E-state index is -3.64. The molecule has 5 heteroatoms. The standard InChI is InChI=1S/C14H24NO3S/c1-2-3-4-5-6-7-11-14-18-19(16,17)15-12-9-8-10-13-15/h8-10,12-13H,2-7,11,14H2,1H3/q+1. The van der Waals surface area contributed by atoms with E-state index in [0.717, 1.165) is 23.2 Å². The van der Waals surface area contributed by atoms with Gasteiger partial charge in [0.2, 0.25) is 0 Å². The summed E-state index contributed by atoms with van der Waals surface area (Å²) in [7, 11) is -3.64. The average Bonchev–Trinajstić information content (AvgIpc) is 2.43. The quantitative estimate of drug-likeness (QED) is 0.491. The van der Waals surface area contributed by atoms with Crippen molar-refractivity contribution in [3.8, 4) is 0 Å². The van der Waals surface area contributed by atoms with Crippen molar-refractivity contribution in [1.82, 2.24) is 0 Å². The number of rotatable bonds is 10. The first kappa shape index (κ1) is 16.1. The Morgan fingerprint density at radius 2 is 1.47 bits per heavy atom. The molecule has 0 saturated carbocycles. The molecule has 1 aromatic rings. The molecule has 0 radical (unpaired) electrons. The summed E-state index contributed by atoms with van der Waals surface area (Å²) in [5, 5.41) is 0. The molecular formula is C14H24NO3S+. The highest BCUT2D eigenvalue weighted by atomic mass is 32.2. The second-order valence-electron chi connectivity index (χ2n) is 4.61. The van der Waals surface area contributed by atoms with Gasteiger partial charge in [-0.25, -0.2) is 4.18 Å². The molecule has 0 spiro atoms. The molecule has 0 aliphatic rings. The van der Waals surface area contributed by atoms with Crippen LogP contribution in [0, 0.1) is 0 Å². The van der Waals surface area contributed by atoms with Gasteiger partial charge in [0.1, 0.15) is 0 Å². The number of hydrogen-bond acceptors (Lipinski definition) is 3. The van der Waals surface area contributed by atoms with Crippen molar-refractivity contribution in [1.29, 1.82) is 0 Å².